The van der Waals surface area contributed by atoms with Crippen molar-refractivity contribution in [1.29, 1.82) is 0 Å². The molecule has 1 saturated carbocycles. The van der Waals surface area contributed by atoms with Gasteiger partial charge in [-0.3, -0.25) is 19.0 Å². The molecule has 3 aromatic heterocycles. The highest BCUT2D eigenvalue weighted by atomic mass is 16.5. The number of carbonyl (C=O) groups is 1. The highest BCUT2D eigenvalue weighted by molar-refractivity contribution is 5.99. The molecule has 0 unspecified atom stereocenters. The molecule has 9 heteroatoms. The lowest BCUT2D eigenvalue weighted by atomic mass is 9.81. The van der Waals surface area contributed by atoms with E-state index in [1.807, 2.05) is 12.3 Å². The predicted octanol–water partition coefficient (Wildman–Crippen LogP) is 1.96. The summed E-state index contributed by atoms with van der Waals surface area (Å²) in [5, 5.41) is 6.56. The third-order valence-electron chi connectivity index (χ3n) is 7.36. The number of ether oxygens (including phenoxy) is 1. The summed E-state index contributed by atoms with van der Waals surface area (Å²) in [7, 11) is 0. The number of pyridine rings is 2. The molecule has 3 aliphatic rings. The number of anilines is 2. The Morgan fingerprint density at radius 3 is 2.80 bits per heavy atom. The van der Waals surface area contributed by atoms with E-state index in [9.17, 15) is 9.59 Å². The molecule has 1 amide bonds. The van der Waals surface area contributed by atoms with Gasteiger partial charge in [0.1, 0.15) is 16.9 Å². The van der Waals surface area contributed by atoms with E-state index in [1.165, 1.54) is 29.7 Å². The molecule has 0 aromatic carbocycles. The number of hydrogen-bond acceptors (Lipinski definition) is 7. The van der Waals surface area contributed by atoms with Crippen molar-refractivity contribution in [2.24, 2.45) is 5.92 Å². The van der Waals surface area contributed by atoms with Crippen LogP contribution >= 0.6 is 0 Å². The highest BCUT2D eigenvalue weighted by Gasteiger charge is 2.49. The lowest BCUT2D eigenvalue weighted by Gasteiger charge is -2.39. The zero-order chi connectivity index (χ0) is 23.8. The minimum absolute atomic E-state index is 0.229. The summed E-state index contributed by atoms with van der Waals surface area (Å²) in [5.41, 5.74) is 1.08. The Balaban J connectivity index is 1.16. The predicted molar refractivity (Wildman–Crippen MR) is 133 cm³/mol. The number of amides is 1. The largest absolute Gasteiger partial charge is 0.378 e. The van der Waals surface area contributed by atoms with E-state index in [0.29, 0.717) is 17.4 Å². The molecule has 182 valence electrons. The van der Waals surface area contributed by atoms with E-state index in [1.54, 1.807) is 24.4 Å². The van der Waals surface area contributed by atoms with E-state index in [-0.39, 0.29) is 30.5 Å². The van der Waals surface area contributed by atoms with Gasteiger partial charge in [0, 0.05) is 31.4 Å². The van der Waals surface area contributed by atoms with Gasteiger partial charge in [-0.1, -0.05) is 6.07 Å². The van der Waals surface area contributed by atoms with Crippen LogP contribution in [0.4, 0.5) is 11.5 Å². The molecule has 2 saturated heterocycles. The van der Waals surface area contributed by atoms with Crippen LogP contribution in [0.3, 0.4) is 0 Å². The Morgan fingerprint density at radius 1 is 1.17 bits per heavy atom. The Hall–Kier alpha value is -3.30. The van der Waals surface area contributed by atoms with Gasteiger partial charge in [-0.25, -0.2) is 4.98 Å². The van der Waals surface area contributed by atoms with Crippen LogP contribution in [0.1, 0.15) is 31.4 Å². The Labute approximate surface area is 203 Å². The molecule has 0 radical (unpaired) electrons. The second kappa shape index (κ2) is 9.05. The summed E-state index contributed by atoms with van der Waals surface area (Å²) in [6.45, 7) is 3.61. The molecular formula is C26H30N6O3. The number of piperidine rings is 1. The zero-order valence-corrected chi connectivity index (χ0v) is 19.7. The minimum Gasteiger partial charge on any atom is -0.378 e. The SMILES string of the molecule is O=C(Nc1cc(=O)n2ccccc2n1)C1(c2ccc(N3CCC[C@@H](NCC4CC4)C3)cn2)COC1. The fourth-order valence-corrected chi connectivity index (χ4v) is 4.94. The molecule has 9 nitrogen and oxygen atoms in total. The first-order valence-corrected chi connectivity index (χ1v) is 12.4. The van der Waals surface area contributed by atoms with Gasteiger partial charge in [-0.15, -0.1) is 0 Å². The van der Waals surface area contributed by atoms with Gasteiger partial charge in [0.25, 0.3) is 5.56 Å². The van der Waals surface area contributed by atoms with Gasteiger partial charge < -0.3 is 20.3 Å². The quantitative estimate of drug-likeness (QED) is 0.540. The molecule has 3 fully saturated rings. The van der Waals surface area contributed by atoms with Crippen LogP contribution in [0.25, 0.3) is 5.65 Å². The fourth-order valence-electron chi connectivity index (χ4n) is 4.94. The van der Waals surface area contributed by atoms with E-state index >= 15 is 0 Å². The smallest absolute Gasteiger partial charge is 0.259 e. The molecule has 2 N–H and O–H groups in total. The number of nitrogens with zero attached hydrogens (tertiary/aromatic N) is 4. The number of carbonyl (C=O) groups excluding carboxylic acids is 1. The van der Waals surface area contributed by atoms with E-state index in [0.717, 1.165) is 37.7 Å². The molecular weight excluding hydrogens is 444 g/mol. The van der Waals surface area contributed by atoms with Crippen molar-refractivity contribution in [3.05, 3.63) is 64.8 Å². The maximum Gasteiger partial charge on any atom is 0.259 e. The van der Waals surface area contributed by atoms with Crippen molar-refractivity contribution >= 4 is 23.1 Å². The van der Waals surface area contributed by atoms with E-state index < -0.39 is 5.41 Å². The van der Waals surface area contributed by atoms with E-state index in [4.69, 9.17) is 9.72 Å². The summed E-state index contributed by atoms with van der Waals surface area (Å²) in [6.07, 6.45) is 8.61. The van der Waals surface area contributed by atoms with Crippen molar-refractivity contribution in [2.75, 3.05) is 43.1 Å². The van der Waals surface area contributed by atoms with Crippen molar-refractivity contribution < 1.29 is 9.53 Å². The van der Waals surface area contributed by atoms with Gasteiger partial charge in [-0.2, -0.15) is 0 Å². The second-order valence-electron chi connectivity index (χ2n) is 9.98. The van der Waals surface area contributed by atoms with Crippen LogP contribution in [0.5, 0.6) is 0 Å². The summed E-state index contributed by atoms with van der Waals surface area (Å²) in [5.74, 6) is 0.841. The minimum atomic E-state index is -0.891. The first-order valence-electron chi connectivity index (χ1n) is 12.4. The van der Waals surface area contributed by atoms with Crippen LogP contribution in [0.15, 0.2) is 53.6 Å². The van der Waals surface area contributed by atoms with Gasteiger partial charge >= 0.3 is 0 Å². The van der Waals surface area contributed by atoms with Gasteiger partial charge in [0.15, 0.2) is 0 Å². The first-order chi connectivity index (χ1) is 17.1. The average Bonchev–Trinajstić information content (AvgIpc) is 3.67. The Morgan fingerprint density at radius 2 is 2.06 bits per heavy atom. The standard InChI is InChI=1S/C26H30N6O3/c33-24-12-22(29-23-5-1-2-11-32(23)24)30-25(34)26(16-35-17-26)21-9-8-20(14-28-21)31-10-3-4-19(15-31)27-13-18-6-7-18/h1-2,5,8-9,11-12,14,18-19,27H,3-4,6-7,10,13,15-17H2,(H,30,34)/t19-/m1/s1. The number of rotatable bonds is 7. The number of aromatic nitrogens is 3. The molecule has 1 atom stereocenters. The molecule has 35 heavy (non-hydrogen) atoms. The number of fused-ring (bicyclic) bond motifs is 1. The van der Waals surface area contributed by atoms with Crippen molar-refractivity contribution in [1.82, 2.24) is 19.7 Å². The van der Waals surface area contributed by atoms with Crippen LogP contribution < -0.4 is 21.1 Å². The molecule has 5 heterocycles. The first kappa shape index (κ1) is 22.2. The number of hydrogen-bond donors (Lipinski definition) is 2. The molecule has 1 aliphatic carbocycles. The van der Waals surface area contributed by atoms with Gasteiger partial charge in [0.2, 0.25) is 5.91 Å². The van der Waals surface area contributed by atoms with E-state index in [2.05, 4.69) is 26.6 Å². The van der Waals surface area contributed by atoms with Crippen LogP contribution in [0, 0.1) is 5.92 Å². The summed E-state index contributed by atoms with van der Waals surface area (Å²) >= 11 is 0. The fraction of sp³-hybridized carbons (Fsp3) is 0.462. The summed E-state index contributed by atoms with van der Waals surface area (Å²) in [6, 6.07) is 11.1. The molecule has 2 aliphatic heterocycles. The van der Waals surface area contributed by atoms with Crippen molar-refractivity contribution in [3.63, 3.8) is 0 Å². The third-order valence-corrected chi connectivity index (χ3v) is 7.36. The highest BCUT2D eigenvalue weighted by Crippen LogP contribution is 2.34. The number of nitrogens with one attached hydrogen (secondary N) is 2. The Kier molecular flexibility index (Phi) is 5.74. The Bertz CT molecular complexity index is 1280. The molecule has 0 spiro atoms. The molecule has 0 bridgehead atoms. The normalized spacial score (nSPS) is 21.5. The maximum absolute atomic E-state index is 13.3. The topological polar surface area (TPSA) is 101 Å². The average molecular weight is 475 g/mol. The molecule has 6 rings (SSSR count). The monoisotopic (exact) mass is 474 g/mol. The summed E-state index contributed by atoms with van der Waals surface area (Å²) < 4.78 is 6.89. The molecule has 3 aromatic rings. The second-order valence-corrected chi connectivity index (χ2v) is 9.98. The van der Waals surface area contributed by atoms with Crippen LogP contribution in [0.2, 0.25) is 0 Å². The zero-order valence-electron chi connectivity index (χ0n) is 19.7. The van der Waals surface area contributed by atoms with Crippen molar-refractivity contribution in [2.45, 2.75) is 37.1 Å². The van der Waals surface area contributed by atoms with Crippen LogP contribution in [-0.4, -0.2) is 59.2 Å². The van der Waals surface area contributed by atoms with Crippen molar-refractivity contribution in [3.8, 4) is 0 Å². The van der Waals surface area contributed by atoms with Gasteiger partial charge in [0.05, 0.1) is 30.8 Å². The van der Waals surface area contributed by atoms with Gasteiger partial charge in [-0.05, 0) is 62.4 Å². The third kappa shape index (κ3) is 4.41. The summed E-state index contributed by atoms with van der Waals surface area (Å²) in [4.78, 5) is 37.2. The maximum atomic E-state index is 13.3. The lowest BCUT2D eigenvalue weighted by molar-refractivity contribution is -0.140. The van der Waals surface area contributed by atoms with Crippen LogP contribution in [-0.2, 0) is 14.9 Å². The lowest BCUT2D eigenvalue weighted by Crippen LogP contribution is -2.56.